The molecule has 1 aliphatic carbocycles. The van der Waals surface area contributed by atoms with Crippen molar-refractivity contribution in [3.63, 3.8) is 0 Å². The second-order valence-electron chi connectivity index (χ2n) is 10.9. The van der Waals surface area contributed by atoms with Crippen LogP contribution in [-0.2, 0) is 21.9 Å². The molecule has 11 heteroatoms. The normalized spacial score (nSPS) is 22.2. The summed E-state index contributed by atoms with van der Waals surface area (Å²) in [4.78, 5) is 13.9. The number of hydrogen-bond acceptors (Lipinski definition) is 6. The van der Waals surface area contributed by atoms with E-state index < -0.39 is 18.9 Å². The smallest absolute Gasteiger partial charge is 0.380 e. The number of ether oxygens (including phenoxy) is 1. The number of rotatable bonds is 1. The van der Waals surface area contributed by atoms with Gasteiger partial charge in [-0.3, -0.25) is 0 Å². The Bertz CT molecular complexity index is 1350. The van der Waals surface area contributed by atoms with Crippen LogP contribution in [0.15, 0.2) is 24.5 Å². The second-order valence-corrected chi connectivity index (χ2v) is 14.0. The predicted molar refractivity (Wildman–Crippen MR) is 145 cm³/mol. The van der Waals surface area contributed by atoms with Gasteiger partial charge >= 0.3 is 6.18 Å². The number of halogens is 3. The zero-order valence-electron chi connectivity index (χ0n) is 22.1. The number of nitrogens with one attached hydrogen (secondary N) is 2. The summed E-state index contributed by atoms with van der Waals surface area (Å²) in [6, 6.07) is 4.16. The van der Waals surface area contributed by atoms with E-state index in [0.717, 1.165) is 50.4 Å². The molecule has 0 radical (unpaired) electrons. The first-order valence-electron chi connectivity index (χ1n) is 13.2. The van der Waals surface area contributed by atoms with Gasteiger partial charge in [0.1, 0.15) is 12.7 Å². The van der Waals surface area contributed by atoms with Crippen molar-refractivity contribution in [2.24, 2.45) is 0 Å². The molecule has 2 N–H and O–H groups in total. The highest BCUT2D eigenvalue weighted by atomic mass is 31.2. The Balaban J connectivity index is 1.62. The van der Waals surface area contributed by atoms with Crippen molar-refractivity contribution in [2.45, 2.75) is 56.8 Å². The molecule has 0 saturated heterocycles. The highest BCUT2D eigenvalue weighted by Gasteiger charge is 2.37. The number of aryl methyl sites for hydroxylation is 1. The van der Waals surface area contributed by atoms with Crippen LogP contribution in [0, 0.1) is 0 Å². The Morgan fingerprint density at radius 2 is 1.97 bits per heavy atom. The number of H-pyrrole nitrogens is 1. The molecule has 2 atom stereocenters. The van der Waals surface area contributed by atoms with Gasteiger partial charge in [-0.05, 0) is 64.5 Å². The lowest BCUT2D eigenvalue weighted by Gasteiger charge is -2.24. The molecule has 4 heterocycles. The number of likely N-dealkylation sites (N-methyl/N-ethyl adjacent to an activating group) is 1. The maximum atomic E-state index is 14.1. The highest BCUT2D eigenvalue weighted by Crippen LogP contribution is 2.43. The Morgan fingerprint density at radius 1 is 1.16 bits per heavy atom. The number of alkyl halides is 3. The summed E-state index contributed by atoms with van der Waals surface area (Å²) < 4.78 is 61.6. The lowest BCUT2D eigenvalue weighted by Crippen LogP contribution is -2.33. The summed E-state index contributed by atoms with van der Waals surface area (Å²) in [5.41, 5.74) is 0.813. The third-order valence-corrected chi connectivity index (χ3v) is 9.32. The van der Waals surface area contributed by atoms with E-state index >= 15 is 0 Å². The topological polar surface area (TPSA) is 83.1 Å². The largest absolute Gasteiger partial charge is 0.419 e. The van der Waals surface area contributed by atoms with E-state index in [2.05, 4.69) is 32.2 Å². The lowest BCUT2D eigenvalue weighted by atomic mass is 10.0. The van der Waals surface area contributed by atoms with Gasteiger partial charge in [0.25, 0.3) is 0 Å². The van der Waals surface area contributed by atoms with Gasteiger partial charge in [-0.15, -0.1) is 0 Å². The van der Waals surface area contributed by atoms with Crippen LogP contribution < -0.4 is 10.6 Å². The molecule has 206 valence electrons. The Hall–Kier alpha value is -2.42. The van der Waals surface area contributed by atoms with Gasteiger partial charge in [0.2, 0.25) is 5.95 Å². The molecule has 7 nitrogen and oxygen atoms in total. The zero-order valence-corrected chi connectivity index (χ0v) is 23.0. The van der Waals surface area contributed by atoms with Gasteiger partial charge in [-0.25, -0.2) is 9.97 Å². The number of hydrogen-bond donors (Lipinski definition) is 2. The van der Waals surface area contributed by atoms with Crippen molar-refractivity contribution < 1.29 is 22.5 Å². The van der Waals surface area contributed by atoms with Gasteiger partial charge < -0.3 is 24.5 Å². The summed E-state index contributed by atoms with van der Waals surface area (Å²) in [6.07, 6.45) is 2.98. The first-order chi connectivity index (χ1) is 18.0. The third kappa shape index (κ3) is 5.63. The van der Waals surface area contributed by atoms with Crippen molar-refractivity contribution in [1.29, 1.82) is 0 Å². The number of fused-ring (bicyclic) bond motifs is 8. The molecule has 8 bridgehead atoms. The van der Waals surface area contributed by atoms with E-state index in [4.69, 9.17) is 4.74 Å². The molecular weight excluding hydrogens is 514 g/mol. The van der Waals surface area contributed by atoms with Gasteiger partial charge in [0.15, 0.2) is 0 Å². The molecule has 0 spiro atoms. The third-order valence-electron chi connectivity index (χ3n) is 7.73. The standard InChI is InChI=1S/C27H35F3N5O2P/c1-35-11-13-37-12-5-4-6-17-7-10-20-21(15-31-24(20)25(17)38(2,3)36)23-22(27(28,29)30)16-32-26(34-23)33-18-8-9-19(35)14-18/h7,10,15-16,18-19,31H,4-6,8-9,11-14H2,1-3H3,(H,32,33,34)/t18-,19-/m0/s1. The first-order valence-corrected chi connectivity index (χ1v) is 15.8. The number of anilines is 1. The second kappa shape index (κ2) is 10.6. The highest BCUT2D eigenvalue weighted by molar-refractivity contribution is 7.70. The van der Waals surface area contributed by atoms with Crippen molar-refractivity contribution in [3.8, 4) is 11.3 Å². The quantitative estimate of drug-likeness (QED) is 0.390. The van der Waals surface area contributed by atoms with Crippen LogP contribution in [0.4, 0.5) is 19.1 Å². The maximum Gasteiger partial charge on any atom is 0.419 e. The van der Waals surface area contributed by atoms with Crippen LogP contribution >= 0.6 is 7.14 Å². The van der Waals surface area contributed by atoms with Crippen LogP contribution in [0.25, 0.3) is 22.2 Å². The summed E-state index contributed by atoms with van der Waals surface area (Å²) in [7, 11) is -0.669. The minimum Gasteiger partial charge on any atom is -0.380 e. The Labute approximate surface area is 220 Å². The van der Waals surface area contributed by atoms with Crippen molar-refractivity contribution in [1.82, 2.24) is 19.9 Å². The SMILES string of the molecule is CN1CCOCCCCc2ccc3c(c[nH]c3c2P(C)(C)=O)-c2nc(ncc2C(F)(F)F)N[C@H]2CC[C@H]1C2. The maximum absolute atomic E-state index is 14.1. The molecule has 3 aliphatic rings. The van der Waals surface area contributed by atoms with Crippen LogP contribution in [0.3, 0.4) is 0 Å². The zero-order chi connectivity index (χ0) is 27.1. The Morgan fingerprint density at radius 3 is 2.74 bits per heavy atom. The van der Waals surface area contributed by atoms with Gasteiger partial charge in [0, 0.05) is 53.9 Å². The summed E-state index contributed by atoms with van der Waals surface area (Å²) in [6.45, 7) is 5.54. The summed E-state index contributed by atoms with van der Waals surface area (Å²) in [5, 5.41) is 4.55. The minimum atomic E-state index is -4.62. The van der Waals surface area contributed by atoms with Crippen LogP contribution in [-0.4, -0.2) is 72.1 Å². The fourth-order valence-electron chi connectivity index (χ4n) is 5.79. The van der Waals surface area contributed by atoms with Crippen LogP contribution in [0.5, 0.6) is 0 Å². The van der Waals surface area contributed by atoms with E-state index in [1.807, 2.05) is 12.1 Å². The molecule has 2 aromatic heterocycles. The first kappa shape index (κ1) is 27.2. The molecular formula is C27H35F3N5O2P. The fraction of sp³-hybridized carbons (Fsp3) is 0.556. The summed E-state index contributed by atoms with van der Waals surface area (Å²) >= 11 is 0. The van der Waals surface area contributed by atoms with E-state index in [9.17, 15) is 17.7 Å². The van der Waals surface area contributed by atoms with Gasteiger partial charge in [-0.2, -0.15) is 13.2 Å². The van der Waals surface area contributed by atoms with Gasteiger partial charge in [-0.1, -0.05) is 12.1 Å². The molecule has 3 aromatic rings. The van der Waals surface area contributed by atoms with Crippen molar-refractivity contribution >= 4 is 29.3 Å². The van der Waals surface area contributed by atoms with E-state index in [0.29, 0.717) is 47.4 Å². The fourth-order valence-corrected chi connectivity index (χ4v) is 7.39. The number of nitrogens with zero attached hydrogens (tertiary/aromatic N) is 3. The Kier molecular flexibility index (Phi) is 7.59. The van der Waals surface area contributed by atoms with E-state index in [1.54, 1.807) is 19.5 Å². The molecule has 6 rings (SSSR count). The van der Waals surface area contributed by atoms with E-state index in [1.165, 1.54) is 0 Å². The van der Waals surface area contributed by atoms with Crippen LogP contribution in [0.2, 0.25) is 0 Å². The van der Waals surface area contributed by atoms with E-state index in [-0.39, 0.29) is 17.7 Å². The summed E-state index contributed by atoms with van der Waals surface area (Å²) in [5.74, 6) is 0.182. The average Bonchev–Trinajstić information content (AvgIpc) is 3.48. The van der Waals surface area contributed by atoms with Gasteiger partial charge in [0.05, 0.1) is 17.8 Å². The number of aromatic nitrogens is 3. The van der Waals surface area contributed by atoms with Crippen molar-refractivity contribution in [2.75, 3.05) is 45.5 Å². The molecule has 0 amide bonds. The number of aromatic amines is 1. The minimum absolute atomic E-state index is 0.0711. The van der Waals surface area contributed by atoms with Crippen LogP contribution in [0.1, 0.15) is 43.2 Å². The molecule has 1 saturated carbocycles. The molecule has 2 aliphatic heterocycles. The number of benzene rings is 1. The molecule has 1 aromatic carbocycles. The van der Waals surface area contributed by atoms with Crippen molar-refractivity contribution in [3.05, 3.63) is 35.7 Å². The molecule has 0 unspecified atom stereocenters. The molecule has 1 fully saturated rings. The molecule has 38 heavy (non-hydrogen) atoms. The lowest BCUT2D eigenvalue weighted by molar-refractivity contribution is -0.137. The average molecular weight is 550 g/mol. The monoisotopic (exact) mass is 549 g/mol. The predicted octanol–water partition coefficient (Wildman–Crippen LogP) is 5.51.